The number of aryl methyl sites for hydroxylation is 1. The minimum atomic E-state index is -4.43. The van der Waals surface area contributed by atoms with Crippen LogP contribution in [-0.4, -0.2) is 36.2 Å². The van der Waals surface area contributed by atoms with Crippen LogP contribution in [0.25, 0.3) is 0 Å². The van der Waals surface area contributed by atoms with E-state index in [1.165, 1.54) is 12.1 Å². The van der Waals surface area contributed by atoms with Crippen LogP contribution in [0.1, 0.15) is 41.7 Å². The summed E-state index contributed by atoms with van der Waals surface area (Å²) in [5.41, 5.74) is 0.714. The molecule has 0 fully saturated rings. The van der Waals surface area contributed by atoms with Crippen molar-refractivity contribution in [1.82, 2.24) is 4.90 Å². The Morgan fingerprint density at radius 2 is 1.26 bits per heavy atom. The lowest BCUT2D eigenvalue weighted by Gasteiger charge is -2.30. The lowest BCUT2D eigenvalue weighted by atomic mass is 9.81. The summed E-state index contributed by atoms with van der Waals surface area (Å²) in [5, 5.41) is 11.8. The molecule has 0 aliphatic heterocycles. The molecule has 6 heteroatoms. The summed E-state index contributed by atoms with van der Waals surface area (Å²) in [6.45, 7) is 9.47. The Balaban J connectivity index is 1.88. The number of likely N-dealkylation sites (N-methyl/N-ethyl adjacent to an activating group) is 1. The van der Waals surface area contributed by atoms with E-state index < -0.39 is 17.3 Å². The molecule has 0 aliphatic carbocycles. The molecule has 3 rings (SSSR count). The van der Waals surface area contributed by atoms with Gasteiger partial charge in [-0.3, -0.25) is 0 Å². The van der Waals surface area contributed by atoms with Crippen molar-refractivity contribution in [2.24, 2.45) is 0 Å². The fourth-order valence-corrected chi connectivity index (χ4v) is 3.97. The second-order valence-corrected chi connectivity index (χ2v) is 8.50. The third kappa shape index (κ3) is 6.39. The standard InChI is InChI=1S/C28H32F3NO2/c1-4-32(5-2)18-19-34-26-16-14-24(15-17-26)27(33,20-22-8-6-21(3)7-9-22)23-10-12-25(13-11-23)28(29,30)31/h6-17,33H,4-5,18-20H2,1-3H3. The van der Waals surface area contributed by atoms with Crippen molar-refractivity contribution in [3.05, 3.63) is 101 Å². The van der Waals surface area contributed by atoms with Crippen LogP contribution >= 0.6 is 0 Å². The number of alkyl halides is 3. The van der Waals surface area contributed by atoms with Gasteiger partial charge in [0.1, 0.15) is 18.0 Å². The Morgan fingerprint density at radius 3 is 1.76 bits per heavy atom. The first kappa shape index (κ1) is 25.8. The maximum absolute atomic E-state index is 13.1. The lowest BCUT2D eigenvalue weighted by Crippen LogP contribution is -2.30. The maximum Gasteiger partial charge on any atom is 0.416 e. The normalized spacial score (nSPS) is 13.6. The molecule has 0 bridgehead atoms. The second kappa shape index (κ2) is 11.1. The molecule has 1 atom stereocenters. The number of hydrogen-bond donors (Lipinski definition) is 1. The molecule has 0 aromatic heterocycles. The molecule has 0 aliphatic rings. The average Bonchev–Trinajstić information content (AvgIpc) is 2.83. The highest BCUT2D eigenvalue weighted by molar-refractivity contribution is 5.42. The summed E-state index contributed by atoms with van der Waals surface area (Å²) in [6, 6.07) is 19.6. The first-order valence-electron chi connectivity index (χ1n) is 11.6. The van der Waals surface area contributed by atoms with E-state index >= 15 is 0 Å². The van der Waals surface area contributed by atoms with Crippen LogP contribution in [0.2, 0.25) is 0 Å². The van der Waals surface area contributed by atoms with Crippen LogP contribution in [0.15, 0.2) is 72.8 Å². The van der Waals surface area contributed by atoms with Gasteiger partial charge in [0.05, 0.1) is 5.56 Å². The number of rotatable bonds is 10. The van der Waals surface area contributed by atoms with E-state index in [0.717, 1.165) is 42.9 Å². The van der Waals surface area contributed by atoms with Crippen LogP contribution in [0, 0.1) is 6.92 Å². The van der Waals surface area contributed by atoms with Gasteiger partial charge in [0.25, 0.3) is 0 Å². The molecule has 1 N–H and O–H groups in total. The lowest BCUT2D eigenvalue weighted by molar-refractivity contribution is -0.137. The number of benzene rings is 3. The topological polar surface area (TPSA) is 32.7 Å². The molecule has 0 saturated carbocycles. The smallest absolute Gasteiger partial charge is 0.416 e. The molecule has 3 aromatic rings. The molecule has 3 nitrogen and oxygen atoms in total. The van der Waals surface area contributed by atoms with E-state index in [9.17, 15) is 18.3 Å². The predicted molar refractivity (Wildman–Crippen MR) is 129 cm³/mol. The zero-order valence-corrected chi connectivity index (χ0v) is 19.9. The van der Waals surface area contributed by atoms with Crippen LogP contribution in [0.5, 0.6) is 5.75 Å². The Kier molecular flexibility index (Phi) is 8.39. The molecular formula is C28H32F3NO2. The van der Waals surface area contributed by atoms with Gasteiger partial charge < -0.3 is 14.7 Å². The van der Waals surface area contributed by atoms with Crippen LogP contribution in [0.3, 0.4) is 0 Å². The van der Waals surface area contributed by atoms with Gasteiger partial charge in [0.15, 0.2) is 0 Å². The van der Waals surface area contributed by atoms with Gasteiger partial charge in [0, 0.05) is 13.0 Å². The van der Waals surface area contributed by atoms with E-state index in [1.54, 1.807) is 24.3 Å². The highest BCUT2D eigenvalue weighted by Gasteiger charge is 2.34. The molecule has 1 unspecified atom stereocenters. The SMILES string of the molecule is CCN(CC)CCOc1ccc(C(O)(Cc2ccc(C)cc2)c2ccc(C(F)(F)F)cc2)cc1. The zero-order valence-electron chi connectivity index (χ0n) is 19.9. The Morgan fingerprint density at radius 1 is 0.765 bits per heavy atom. The Hall–Kier alpha value is -2.83. The van der Waals surface area contributed by atoms with Crippen molar-refractivity contribution in [2.45, 2.75) is 39.0 Å². The summed E-state index contributed by atoms with van der Waals surface area (Å²) >= 11 is 0. The van der Waals surface area contributed by atoms with Crippen molar-refractivity contribution in [2.75, 3.05) is 26.2 Å². The molecule has 3 aromatic carbocycles. The minimum absolute atomic E-state index is 0.223. The van der Waals surface area contributed by atoms with E-state index in [2.05, 4.69) is 18.7 Å². The van der Waals surface area contributed by atoms with E-state index in [0.29, 0.717) is 23.5 Å². The van der Waals surface area contributed by atoms with Gasteiger partial charge in [-0.1, -0.05) is 67.9 Å². The van der Waals surface area contributed by atoms with Crippen LogP contribution in [0.4, 0.5) is 13.2 Å². The third-order valence-electron chi connectivity index (χ3n) is 6.17. The predicted octanol–water partition coefficient (Wildman–Crippen LogP) is 6.21. The Bertz CT molecular complexity index is 1030. The molecule has 0 radical (unpaired) electrons. The first-order chi connectivity index (χ1) is 16.2. The largest absolute Gasteiger partial charge is 0.492 e. The summed E-state index contributed by atoms with van der Waals surface area (Å²) in [7, 11) is 0. The number of halogens is 3. The third-order valence-corrected chi connectivity index (χ3v) is 6.17. The summed E-state index contributed by atoms with van der Waals surface area (Å²) < 4.78 is 45.1. The molecule has 0 saturated heterocycles. The molecule has 0 heterocycles. The van der Waals surface area contributed by atoms with Crippen molar-refractivity contribution < 1.29 is 23.0 Å². The number of nitrogens with zero attached hydrogens (tertiary/aromatic N) is 1. The van der Waals surface area contributed by atoms with Gasteiger partial charge >= 0.3 is 6.18 Å². The molecule has 0 spiro atoms. The summed E-state index contributed by atoms with van der Waals surface area (Å²) in [5.74, 6) is 0.681. The fraction of sp³-hybridized carbons (Fsp3) is 0.357. The van der Waals surface area contributed by atoms with Crippen molar-refractivity contribution in [3.63, 3.8) is 0 Å². The number of aliphatic hydroxyl groups is 1. The Labute approximate surface area is 199 Å². The van der Waals surface area contributed by atoms with Crippen molar-refractivity contribution >= 4 is 0 Å². The molecule has 182 valence electrons. The maximum atomic E-state index is 13.1. The molecule has 34 heavy (non-hydrogen) atoms. The van der Waals surface area contributed by atoms with Gasteiger partial charge in [-0.2, -0.15) is 13.2 Å². The van der Waals surface area contributed by atoms with Gasteiger partial charge in [-0.15, -0.1) is 0 Å². The van der Waals surface area contributed by atoms with E-state index in [4.69, 9.17) is 4.74 Å². The number of ether oxygens (including phenoxy) is 1. The van der Waals surface area contributed by atoms with E-state index in [-0.39, 0.29) is 6.42 Å². The zero-order chi connectivity index (χ0) is 24.8. The summed E-state index contributed by atoms with van der Waals surface area (Å²) in [4.78, 5) is 2.26. The van der Waals surface area contributed by atoms with Crippen molar-refractivity contribution in [1.29, 1.82) is 0 Å². The highest BCUT2D eigenvalue weighted by atomic mass is 19.4. The molecule has 0 amide bonds. The van der Waals surface area contributed by atoms with Gasteiger partial charge in [-0.25, -0.2) is 0 Å². The highest BCUT2D eigenvalue weighted by Crippen LogP contribution is 2.36. The van der Waals surface area contributed by atoms with Crippen molar-refractivity contribution in [3.8, 4) is 5.75 Å². The second-order valence-electron chi connectivity index (χ2n) is 8.50. The quantitative estimate of drug-likeness (QED) is 0.381. The van der Waals surface area contributed by atoms with Gasteiger partial charge in [0.2, 0.25) is 0 Å². The summed E-state index contributed by atoms with van der Waals surface area (Å²) in [6.07, 6.45) is -4.21. The minimum Gasteiger partial charge on any atom is -0.492 e. The average molecular weight is 472 g/mol. The first-order valence-corrected chi connectivity index (χ1v) is 11.6. The fourth-order valence-electron chi connectivity index (χ4n) is 3.97. The monoisotopic (exact) mass is 471 g/mol. The van der Waals surface area contributed by atoms with Gasteiger partial charge in [-0.05, 0) is 61.0 Å². The van der Waals surface area contributed by atoms with Crippen LogP contribution in [-0.2, 0) is 18.2 Å². The number of hydrogen-bond acceptors (Lipinski definition) is 3. The van der Waals surface area contributed by atoms with Crippen LogP contribution < -0.4 is 4.74 Å². The van der Waals surface area contributed by atoms with E-state index in [1.807, 2.05) is 31.2 Å². The molecular weight excluding hydrogens is 439 g/mol.